The first-order chi connectivity index (χ1) is 5.81. The molecule has 1 atom stereocenters. The highest BCUT2D eigenvalue weighted by atomic mass is 16.3. The number of unbranched alkanes of at least 4 members (excludes halogenated alkanes) is 3. The van der Waals surface area contributed by atoms with Crippen LogP contribution in [0.5, 0.6) is 0 Å². The van der Waals surface area contributed by atoms with Crippen LogP contribution in [-0.2, 0) is 0 Å². The van der Waals surface area contributed by atoms with Gasteiger partial charge in [0.1, 0.15) is 6.10 Å². The van der Waals surface area contributed by atoms with Crippen LogP contribution in [0.15, 0.2) is 12.2 Å². The predicted molar refractivity (Wildman–Crippen MR) is 52.7 cm³/mol. The summed E-state index contributed by atoms with van der Waals surface area (Å²) in [5.41, 5.74) is 0. The van der Waals surface area contributed by atoms with E-state index in [9.17, 15) is 0 Å². The lowest BCUT2D eigenvalue weighted by atomic mass is 10.2. The summed E-state index contributed by atoms with van der Waals surface area (Å²) in [7, 11) is 0. The van der Waals surface area contributed by atoms with Gasteiger partial charge in [-0.1, -0.05) is 37.8 Å². The van der Waals surface area contributed by atoms with Crippen LogP contribution in [0.3, 0.4) is 0 Å². The van der Waals surface area contributed by atoms with Crippen LogP contribution in [0.4, 0.5) is 0 Å². The molecule has 0 spiro atoms. The van der Waals surface area contributed by atoms with Crippen LogP contribution >= 0.6 is 0 Å². The van der Waals surface area contributed by atoms with Gasteiger partial charge in [0.15, 0.2) is 0 Å². The summed E-state index contributed by atoms with van der Waals surface area (Å²) in [5, 5.41) is 8.97. The van der Waals surface area contributed by atoms with Crippen molar-refractivity contribution in [3.8, 4) is 12.3 Å². The molecule has 0 heterocycles. The molecule has 0 radical (unpaired) electrons. The smallest absolute Gasteiger partial charge is 0.117 e. The highest BCUT2D eigenvalue weighted by Crippen LogP contribution is 2.00. The summed E-state index contributed by atoms with van der Waals surface area (Å²) in [6.07, 6.45) is 13.9. The zero-order valence-electron chi connectivity index (χ0n) is 7.79. The number of rotatable bonds is 6. The van der Waals surface area contributed by atoms with Crippen LogP contribution in [0, 0.1) is 12.3 Å². The maximum atomic E-state index is 8.97. The molecule has 0 unspecified atom stereocenters. The van der Waals surface area contributed by atoms with Crippen molar-refractivity contribution in [3.05, 3.63) is 12.2 Å². The normalized spacial score (nSPS) is 13.1. The number of hydrogen-bond donors (Lipinski definition) is 1. The van der Waals surface area contributed by atoms with Gasteiger partial charge in [0.2, 0.25) is 0 Å². The van der Waals surface area contributed by atoms with Gasteiger partial charge in [0.05, 0.1) is 0 Å². The molecule has 0 aromatic carbocycles. The van der Waals surface area contributed by atoms with Crippen molar-refractivity contribution in [1.82, 2.24) is 0 Å². The van der Waals surface area contributed by atoms with Gasteiger partial charge in [-0.2, -0.15) is 0 Å². The van der Waals surface area contributed by atoms with Crippen molar-refractivity contribution in [1.29, 1.82) is 0 Å². The summed E-state index contributed by atoms with van der Waals surface area (Å²) < 4.78 is 0. The van der Waals surface area contributed by atoms with Gasteiger partial charge in [0, 0.05) is 6.42 Å². The van der Waals surface area contributed by atoms with Gasteiger partial charge in [-0.15, -0.1) is 6.42 Å². The largest absolute Gasteiger partial charge is 0.380 e. The Labute approximate surface area is 75.5 Å². The summed E-state index contributed by atoms with van der Waals surface area (Å²) in [4.78, 5) is 0. The Balaban J connectivity index is 3.21. The van der Waals surface area contributed by atoms with Gasteiger partial charge < -0.3 is 5.11 Å². The van der Waals surface area contributed by atoms with E-state index in [1.54, 1.807) is 0 Å². The molecule has 0 aromatic rings. The fraction of sp³-hybridized carbons (Fsp3) is 0.636. The Morgan fingerprint density at radius 2 is 2.17 bits per heavy atom. The Morgan fingerprint density at radius 3 is 2.75 bits per heavy atom. The second kappa shape index (κ2) is 8.36. The van der Waals surface area contributed by atoms with Crippen molar-refractivity contribution in [3.63, 3.8) is 0 Å². The SMILES string of the molecule is C#C[C@@H](O)C/C=C\CCCCC. The Hall–Kier alpha value is -0.740. The van der Waals surface area contributed by atoms with Gasteiger partial charge in [0.25, 0.3) is 0 Å². The number of hydrogen-bond acceptors (Lipinski definition) is 1. The van der Waals surface area contributed by atoms with Crippen molar-refractivity contribution in [2.24, 2.45) is 0 Å². The molecule has 0 aliphatic rings. The average Bonchev–Trinajstić information content (AvgIpc) is 2.10. The second-order valence-electron chi connectivity index (χ2n) is 2.89. The molecular weight excluding hydrogens is 148 g/mol. The van der Waals surface area contributed by atoms with Crippen molar-refractivity contribution >= 4 is 0 Å². The molecule has 0 aliphatic heterocycles. The molecule has 1 heteroatoms. The molecule has 0 fully saturated rings. The Kier molecular flexibility index (Phi) is 7.84. The van der Waals surface area contributed by atoms with Gasteiger partial charge >= 0.3 is 0 Å². The number of allylic oxidation sites excluding steroid dienone is 1. The molecule has 0 saturated carbocycles. The highest BCUT2D eigenvalue weighted by molar-refractivity contribution is 4.98. The minimum atomic E-state index is -0.604. The molecule has 0 aliphatic carbocycles. The van der Waals surface area contributed by atoms with E-state index in [0.29, 0.717) is 6.42 Å². The standard InChI is InChI=1S/C11H18O/c1-3-5-6-7-8-9-10-11(12)4-2/h2,8-9,11-12H,3,5-7,10H2,1H3/b9-8-/t11-/m1/s1. The fourth-order valence-electron chi connectivity index (χ4n) is 0.923. The molecule has 68 valence electrons. The molecule has 0 bridgehead atoms. The summed E-state index contributed by atoms with van der Waals surface area (Å²) in [6, 6.07) is 0. The van der Waals surface area contributed by atoms with Crippen LogP contribution in [0.2, 0.25) is 0 Å². The topological polar surface area (TPSA) is 20.2 Å². The van der Waals surface area contributed by atoms with E-state index in [2.05, 4.69) is 18.9 Å². The average molecular weight is 166 g/mol. The minimum Gasteiger partial charge on any atom is -0.380 e. The summed E-state index contributed by atoms with van der Waals surface area (Å²) >= 11 is 0. The van der Waals surface area contributed by atoms with Crippen LogP contribution < -0.4 is 0 Å². The van der Waals surface area contributed by atoms with E-state index in [4.69, 9.17) is 11.5 Å². The second-order valence-corrected chi connectivity index (χ2v) is 2.89. The molecule has 0 saturated heterocycles. The first-order valence-electron chi connectivity index (χ1n) is 4.60. The maximum Gasteiger partial charge on any atom is 0.117 e. The molecule has 12 heavy (non-hydrogen) atoms. The number of aliphatic hydroxyl groups is 1. The number of terminal acetylenes is 1. The summed E-state index contributed by atoms with van der Waals surface area (Å²) in [5.74, 6) is 2.27. The van der Waals surface area contributed by atoms with Crippen molar-refractivity contribution < 1.29 is 5.11 Å². The monoisotopic (exact) mass is 166 g/mol. The lowest BCUT2D eigenvalue weighted by molar-refractivity contribution is 0.236. The molecule has 1 nitrogen and oxygen atoms in total. The van der Waals surface area contributed by atoms with E-state index in [0.717, 1.165) is 6.42 Å². The van der Waals surface area contributed by atoms with Crippen LogP contribution in [-0.4, -0.2) is 11.2 Å². The molecule has 0 aromatic heterocycles. The van der Waals surface area contributed by atoms with Gasteiger partial charge in [-0.05, 0) is 12.8 Å². The van der Waals surface area contributed by atoms with Gasteiger partial charge in [-0.3, -0.25) is 0 Å². The third-order valence-electron chi connectivity index (χ3n) is 1.69. The third-order valence-corrected chi connectivity index (χ3v) is 1.69. The van der Waals surface area contributed by atoms with E-state index < -0.39 is 6.10 Å². The Bertz CT molecular complexity index is 153. The van der Waals surface area contributed by atoms with Crippen molar-refractivity contribution in [2.45, 2.75) is 45.1 Å². The lowest BCUT2D eigenvalue weighted by Gasteiger charge is -1.96. The first kappa shape index (κ1) is 11.3. The van der Waals surface area contributed by atoms with Crippen LogP contribution in [0.25, 0.3) is 0 Å². The fourth-order valence-corrected chi connectivity index (χ4v) is 0.923. The maximum absolute atomic E-state index is 8.97. The van der Waals surface area contributed by atoms with E-state index in [-0.39, 0.29) is 0 Å². The van der Waals surface area contributed by atoms with Crippen LogP contribution in [0.1, 0.15) is 39.0 Å². The molecule has 1 N–H and O–H groups in total. The minimum absolute atomic E-state index is 0.586. The quantitative estimate of drug-likeness (QED) is 0.365. The zero-order chi connectivity index (χ0) is 9.23. The third kappa shape index (κ3) is 7.37. The molecule has 0 amide bonds. The summed E-state index contributed by atoms with van der Waals surface area (Å²) in [6.45, 7) is 2.19. The predicted octanol–water partition coefficient (Wildman–Crippen LogP) is 2.51. The number of aliphatic hydroxyl groups excluding tert-OH is 1. The molecular formula is C11H18O. The van der Waals surface area contributed by atoms with Crippen molar-refractivity contribution in [2.75, 3.05) is 0 Å². The van der Waals surface area contributed by atoms with E-state index >= 15 is 0 Å². The first-order valence-corrected chi connectivity index (χ1v) is 4.60. The zero-order valence-corrected chi connectivity index (χ0v) is 7.79. The highest BCUT2D eigenvalue weighted by Gasteiger charge is 1.91. The lowest BCUT2D eigenvalue weighted by Crippen LogP contribution is -1.98. The Morgan fingerprint density at radius 1 is 1.42 bits per heavy atom. The molecule has 0 rings (SSSR count). The van der Waals surface area contributed by atoms with E-state index in [1.807, 2.05) is 6.08 Å². The van der Waals surface area contributed by atoms with Gasteiger partial charge in [-0.25, -0.2) is 0 Å². The van der Waals surface area contributed by atoms with E-state index in [1.165, 1.54) is 19.3 Å².